The van der Waals surface area contributed by atoms with E-state index in [9.17, 15) is 4.57 Å². The molecule has 0 aliphatic heterocycles. The third-order valence-electron chi connectivity index (χ3n) is 3.72. The Hall–Kier alpha value is 0.623. The maximum absolute atomic E-state index is 13.8. The number of halogens is 3. The predicted octanol–water partition coefficient (Wildman–Crippen LogP) is 6.34. The summed E-state index contributed by atoms with van der Waals surface area (Å²) >= 11 is 13.8. The molecule has 0 fully saturated rings. The number of hydrogen-bond donors (Lipinski definition) is 0. The molecule has 0 heterocycles. The van der Waals surface area contributed by atoms with Crippen LogP contribution >= 0.6 is 42.4 Å². The fraction of sp³-hybridized carbons (Fsp3) is 0.700. The summed E-state index contributed by atoms with van der Waals surface area (Å²) in [5.74, 6) is -1.15. The molecule has 0 saturated heterocycles. The molecule has 0 radical (unpaired) electrons. The fourth-order valence-corrected chi connectivity index (χ4v) is 11.2. The van der Waals surface area contributed by atoms with Gasteiger partial charge in [0.1, 0.15) is 0 Å². The Balaban J connectivity index is 3.48. The van der Waals surface area contributed by atoms with E-state index in [1.54, 1.807) is 58.9 Å². The van der Waals surface area contributed by atoms with E-state index in [1.165, 1.54) is 0 Å². The molecule has 1 aromatic rings. The summed E-state index contributed by atoms with van der Waals surface area (Å²) in [6.45, 7) is 9.33. The van der Waals surface area contributed by atoms with Gasteiger partial charge in [-0.1, -0.05) is 0 Å². The van der Waals surface area contributed by atoms with E-state index in [0.29, 0.717) is 5.56 Å². The summed E-state index contributed by atoms with van der Waals surface area (Å²) in [7, 11) is -3.80. The molecule has 4 atom stereocenters. The number of alkyl halides is 3. The van der Waals surface area contributed by atoms with Crippen molar-refractivity contribution in [3.63, 3.8) is 0 Å². The van der Waals surface area contributed by atoms with Crippen LogP contribution in [0.5, 0.6) is 0 Å². The monoisotopic (exact) mass is 596 g/mol. The Morgan fingerprint density at radius 2 is 1.22 bits per heavy atom. The summed E-state index contributed by atoms with van der Waals surface area (Å²) in [5.41, 5.74) is 0.570. The number of hydrogen-bond acceptors (Lipinski definition) is 7. The summed E-state index contributed by atoms with van der Waals surface area (Å²) in [6, 6.07) is 8.97. The summed E-state index contributed by atoms with van der Waals surface area (Å²) < 4.78 is 49.5. The van der Waals surface area contributed by atoms with Crippen LogP contribution in [-0.4, -0.2) is 63.8 Å². The molecular weight excluding hydrogens is 562 g/mol. The number of benzene rings is 1. The first-order valence-corrected chi connectivity index (χ1v) is 16.9. The van der Waals surface area contributed by atoms with Crippen molar-refractivity contribution in [2.24, 2.45) is 0 Å². The van der Waals surface area contributed by atoms with Crippen molar-refractivity contribution in [1.82, 2.24) is 0 Å². The summed E-state index contributed by atoms with van der Waals surface area (Å²) in [5, 5.41) is -1.05. The normalized spacial score (nSPS) is 18.0. The molecule has 7 nitrogen and oxygen atoms in total. The van der Waals surface area contributed by atoms with Crippen molar-refractivity contribution in [2.75, 3.05) is 33.0 Å². The second-order valence-electron chi connectivity index (χ2n) is 7.03. The maximum atomic E-state index is 13.8. The zero-order valence-electron chi connectivity index (χ0n) is 19.2. The van der Waals surface area contributed by atoms with E-state index in [-0.39, 0.29) is 49.2 Å². The molecule has 0 aliphatic carbocycles. The van der Waals surface area contributed by atoms with Crippen molar-refractivity contribution in [2.45, 2.75) is 56.6 Å². The van der Waals surface area contributed by atoms with Crippen LogP contribution in [0.25, 0.3) is 0 Å². The van der Waals surface area contributed by atoms with Gasteiger partial charge in [0.15, 0.2) is 0 Å². The SMILES string of the molecule is CCOP(=O)(OCC)C([O][Ge]([O]CC(C)Cl)([O]CC(C)Cl)[O]CC(C)Cl)c1ccccc1. The molecule has 0 aromatic heterocycles. The molecule has 0 spiro atoms. The van der Waals surface area contributed by atoms with Crippen LogP contribution in [0.2, 0.25) is 0 Å². The molecule has 186 valence electrons. The van der Waals surface area contributed by atoms with Gasteiger partial charge in [-0.05, 0) is 0 Å². The summed E-state index contributed by atoms with van der Waals surface area (Å²) in [4.78, 5) is 0. The molecule has 0 bridgehead atoms. The zero-order valence-corrected chi connectivity index (χ0v) is 24.4. The molecule has 0 N–H and O–H groups in total. The third kappa shape index (κ3) is 10.9. The van der Waals surface area contributed by atoms with Crippen LogP contribution in [0.15, 0.2) is 30.3 Å². The zero-order chi connectivity index (χ0) is 24.2. The van der Waals surface area contributed by atoms with E-state index in [0.717, 1.165) is 0 Å². The Morgan fingerprint density at radius 1 is 0.812 bits per heavy atom. The van der Waals surface area contributed by atoms with Gasteiger partial charge in [0.2, 0.25) is 0 Å². The third-order valence-corrected chi connectivity index (χ3v) is 11.1. The van der Waals surface area contributed by atoms with Crippen LogP contribution in [0.1, 0.15) is 46.0 Å². The van der Waals surface area contributed by atoms with E-state index in [1.807, 2.05) is 6.07 Å². The molecule has 0 aliphatic rings. The van der Waals surface area contributed by atoms with E-state index < -0.39 is 28.1 Å². The van der Waals surface area contributed by atoms with Crippen LogP contribution in [-0.2, 0) is 28.7 Å². The molecule has 32 heavy (non-hydrogen) atoms. The Morgan fingerprint density at radius 3 is 1.56 bits per heavy atom. The van der Waals surface area contributed by atoms with Gasteiger partial charge >= 0.3 is 211 Å². The second kappa shape index (κ2) is 15.6. The van der Waals surface area contributed by atoms with Crippen LogP contribution < -0.4 is 0 Å². The molecule has 0 saturated carbocycles. The minimum absolute atomic E-state index is 0.0873. The summed E-state index contributed by atoms with van der Waals surface area (Å²) in [6.07, 6.45) is 0. The quantitative estimate of drug-likeness (QED) is 0.118. The van der Waals surface area contributed by atoms with Gasteiger partial charge in [0, 0.05) is 0 Å². The van der Waals surface area contributed by atoms with E-state index >= 15 is 0 Å². The van der Waals surface area contributed by atoms with Crippen molar-refractivity contribution >= 4 is 57.0 Å². The van der Waals surface area contributed by atoms with Gasteiger partial charge in [0.25, 0.3) is 0 Å². The first-order chi connectivity index (χ1) is 15.1. The standard InChI is InChI=1S/C20H34Cl3GeO7P/c1-6-29-32(25,30-7-2)20(19-11-9-8-10-12-19)31-24(26-13-16(3)21,27-14-17(4)22)28-15-18(5)23/h8-12,16-18,20H,6-7,13-15H2,1-5H3. The molecule has 12 heteroatoms. The van der Waals surface area contributed by atoms with E-state index in [2.05, 4.69) is 0 Å². The molecule has 4 unspecified atom stereocenters. The molecular formula is C20H34Cl3GeO7P. The average molecular weight is 596 g/mol. The Bertz CT molecular complexity index is 641. The van der Waals surface area contributed by atoms with Gasteiger partial charge in [-0.15, -0.1) is 0 Å². The van der Waals surface area contributed by atoms with Gasteiger partial charge in [-0.3, -0.25) is 0 Å². The molecule has 1 rings (SSSR count). The van der Waals surface area contributed by atoms with Crippen molar-refractivity contribution < 1.29 is 28.7 Å². The van der Waals surface area contributed by atoms with Crippen molar-refractivity contribution in [1.29, 1.82) is 0 Å². The minimum atomic E-state index is -4.64. The molecule has 1 aromatic carbocycles. The predicted molar refractivity (Wildman–Crippen MR) is 131 cm³/mol. The average Bonchev–Trinajstić information content (AvgIpc) is 2.73. The fourth-order valence-electron chi connectivity index (χ4n) is 2.48. The molecule has 0 amide bonds. The van der Waals surface area contributed by atoms with Crippen LogP contribution in [0, 0.1) is 0 Å². The second-order valence-corrected chi connectivity index (χ2v) is 15.7. The Labute approximate surface area is 210 Å². The number of rotatable bonds is 17. The van der Waals surface area contributed by atoms with Crippen molar-refractivity contribution in [3.05, 3.63) is 35.9 Å². The van der Waals surface area contributed by atoms with Crippen molar-refractivity contribution in [3.8, 4) is 0 Å². The first-order valence-electron chi connectivity index (χ1n) is 10.5. The van der Waals surface area contributed by atoms with E-state index in [4.69, 9.17) is 58.9 Å². The van der Waals surface area contributed by atoms with Gasteiger partial charge < -0.3 is 0 Å². The van der Waals surface area contributed by atoms with Gasteiger partial charge in [0.05, 0.1) is 0 Å². The van der Waals surface area contributed by atoms with Gasteiger partial charge in [-0.2, -0.15) is 0 Å². The van der Waals surface area contributed by atoms with Crippen LogP contribution in [0.4, 0.5) is 0 Å². The topological polar surface area (TPSA) is 72.5 Å². The first kappa shape index (κ1) is 30.7. The van der Waals surface area contributed by atoms with Crippen LogP contribution in [0.3, 0.4) is 0 Å². The Kier molecular flexibility index (Phi) is 14.9. The van der Waals surface area contributed by atoms with Gasteiger partial charge in [-0.25, -0.2) is 0 Å².